The van der Waals surface area contributed by atoms with Gasteiger partial charge in [-0.3, -0.25) is 0 Å². The molecule has 2 aromatic rings. The van der Waals surface area contributed by atoms with Crippen molar-refractivity contribution < 1.29 is 23.1 Å². The molecule has 0 saturated carbocycles. The third kappa shape index (κ3) is 3.31. The number of rotatable bonds is 3. The fourth-order valence-corrected chi connectivity index (χ4v) is 1.64. The number of hydrogen-bond donors (Lipinski definition) is 1. The Bertz CT molecular complexity index is 642. The van der Waals surface area contributed by atoms with Crippen LogP contribution in [0, 0.1) is 0 Å². The van der Waals surface area contributed by atoms with Gasteiger partial charge in [0.25, 0.3) is 0 Å². The van der Waals surface area contributed by atoms with Gasteiger partial charge >= 0.3 is 12.1 Å². The van der Waals surface area contributed by atoms with E-state index in [1.165, 1.54) is 24.4 Å². The van der Waals surface area contributed by atoms with E-state index < -0.39 is 17.7 Å². The number of benzene rings is 1. The van der Waals surface area contributed by atoms with Gasteiger partial charge in [-0.1, -0.05) is 18.2 Å². The molecule has 0 saturated heterocycles. The minimum Gasteiger partial charge on any atom is -0.477 e. The molecule has 0 bridgehead atoms. The van der Waals surface area contributed by atoms with Crippen LogP contribution in [0.1, 0.15) is 27.4 Å². The Hall–Kier alpha value is -2.44. The van der Waals surface area contributed by atoms with Crippen molar-refractivity contribution in [2.45, 2.75) is 12.6 Å². The first kappa shape index (κ1) is 14.0. The highest BCUT2D eigenvalue weighted by atomic mass is 19.4. The maximum Gasteiger partial charge on any atom is 0.416 e. The molecule has 20 heavy (non-hydrogen) atoms. The summed E-state index contributed by atoms with van der Waals surface area (Å²) in [6.45, 7) is 0. The van der Waals surface area contributed by atoms with Crippen LogP contribution in [0.25, 0.3) is 0 Å². The Morgan fingerprint density at radius 2 is 2.00 bits per heavy atom. The van der Waals surface area contributed by atoms with Crippen molar-refractivity contribution in [3.63, 3.8) is 0 Å². The maximum atomic E-state index is 12.6. The lowest BCUT2D eigenvalue weighted by atomic mass is 10.1. The fourth-order valence-electron chi connectivity index (χ4n) is 1.64. The summed E-state index contributed by atoms with van der Waals surface area (Å²) in [4.78, 5) is 18.4. The van der Waals surface area contributed by atoms with Gasteiger partial charge in [0.1, 0.15) is 5.82 Å². The van der Waals surface area contributed by atoms with Crippen molar-refractivity contribution in [3.8, 4) is 0 Å². The van der Waals surface area contributed by atoms with E-state index in [0.29, 0.717) is 5.56 Å². The summed E-state index contributed by atoms with van der Waals surface area (Å²) in [6.07, 6.45) is -3.12. The number of carbonyl (C=O) groups is 1. The van der Waals surface area contributed by atoms with Gasteiger partial charge in [0.15, 0.2) is 5.69 Å². The van der Waals surface area contributed by atoms with E-state index in [0.717, 1.165) is 12.1 Å². The number of halogens is 3. The summed E-state index contributed by atoms with van der Waals surface area (Å²) in [5, 5.41) is 8.79. The molecule has 0 aliphatic rings. The van der Waals surface area contributed by atoms with E-state index in [4.69, 9.17) is 5.11 Å². The topological polar surface area (TPSA) is 63.1 Å². The predicted molar refractivity (Wildman–Crippen MR) is 63.2 cm³/mol. The second-order valence-corrected chi connectivity index (χ2v) is 4.04. The van der Waals surface area contributed by atoms with E-state index in [-0.39, 0.29) is 17.9 Å². The Balaban J connectivity index is 2.26. The largest absolute Gasteiger partial charge is 0.477 e. The van der Waals surface area contributed by atoms with Gasteiger partial charge < -0.3 is 5.11 Å². The van der Waals surface area contributed by atoms with Crippen LogP contribution in [0.5, 0.6) is 0 Å². The summed E-state index contributed by atoms with van der Waals surface area (Å²) in [7, 11) is 0. The standard InChI is InChI=1S/C13H9F3N2O2/c14-13(15,16)9-3-1-2-8(6-9)7-11-17-5-4-10(18-11)12(19)20/h1-6H,7H2,(H,19,20). The van der Waals surface area contributed by atoms with Gasteiger partial charge in [-0.2, -0.15) is 13.2 Å². The van der Waals surface area contributed by atoms with Gasteiger partial charge in [0.2, 0.25) is 0 Å². The summed E-state index contributed by atoms with van der Waals surface area (Å²) in [5.41, 5.74) is -0.589. The van der Waals surface area contributed by atoms with E-state index in [9.17, 15) is 18.0 Å². The van der Waals surface area contributed by atoms with Crippen molar-refractivity contribution in [3.05, 3.63) is 59.2 Å². The molecule has 0 atom stereocenters. The molecule has 0 radical (unpaired) electrons. The van der Waals surface area contributed by atoms with Crippen LogP contribution >= 0.6 is 0 Å². The van der Waals surface area contributed by atoms with Crippen molar-refractivity contribution in [2.75, 3.05) is 0 Å². The van der Waals surface area contributed by atoms with Crippen LogP contribution in [-0.2, 0) is 12.6 Å². The lowest BCUT2D eigenvalue weighted by molar-refractivity contribution is -0.137. The first-order valence-corrected chi connectivity index (χ1v) is 5.57. The van der Waals surface area contributed by atoms with Gasteiger partial charge in [-0.15, -0.1) is 0 Å². The smallest absolute Gasteiger partial charge is 0.416 e. The zero-order chi connectivity index (χ0) is 14.8. The molecule has 7 heteroatoms. The summed E-state index contributed by atoms with van der Waals surface area (Å²) in [5.74, 6) is -1.05. The normalized spacial score (nSPS) is 11.3. The van der Waals surface area contributed by atoms with E-state index in [2.05, 4.69) is 9.97 Å². The Morgan fingerprint density at radius 3 is 2.65 bits per heavy atom. The lowest BCUT2D eigenvalue weighted by Gasteiger charge is -2.08. The third-order valence-corrected chi connectivity index (χ3v) is 2.54. The highest BCUT2D eigenvalue weighted by molar-refractivity contribution is 5.85. The van der Waals surface area contributed by atoms with E-state index >= 15 is 0 Å². The molecule has 0 aliphatic carbocycles. The molecule has 0 spiro atoms. The van der Waals surface area contributed by atoms with E-state index in [1.807, 2.05) is 0 Å². The minimum atomic E-state index is -4.42. The van der Waals surface area contributed by atoms with Crippen LogP contribution < -0.4 is 0 Å². The minimum absolute atomic E-state index is 0.0328. The van der Waals surface area contributed by atoms with Crippen molar-refractivity contribution in [1.82, 2.24) is 9.97 Å². The lowest BCUT2D eigenvalue weighted by Crippen LogP contribution is -2.07. The SMILES string of the molecule is O=C(O)c1ccnc(Cc2cccc(C(F)(F)F)c2)n1. The Labute approximate surface area is 111 Å². The average Bonchev–Trinajstić information content (AvgIpc) is 2.38. The quantitative estimate of drug-likeness (QED) is 0.940. The Morgan fingerprint density at radius 1 is 1.25 bits per heavy atom. The molecule has 0 aliphatic heterocycles. The number of hydrogen-bond acceptors (Lipinski definition) is 3. The molecule has 4 nitrogen and oxygen atoms in total. The number of aromatic carboxylic acids is 1. The molecule has 1 N–H and O–H groups in total. The molecule has 1 aromatic heterocycles. The molecule has 104 valence electrons. The third-order valence-electron chi connectivity index (χ3n) is 2.54. The molecular formula is C13H9F3N2O2. The summed E-state index contributed by atoms with van der Waals surface area (Å²) in [6, 6.07) is 5.98. The van der Waals surface area contributed by atoms with Gasteiger partial charge in [-0.25, -0.2) is 14.8 Å². The molecule has 1 heterocycles. The molecular weight excluding hydrogens is 273 g/mol. The van der Waals surface area contributed by atoms with Crippen LogP contribution in [0.4, 0.5) is 13.2 Å². The highest BCUT2D eigenvalue weighted by Crippen LogP contribution is 2.29. The number of nitrogens with zero attached hydrogens (tertiary/aromatic N) is 2. The second-order valence-electron chi connectivity index (χ2n) is 4.04. The molecule has 0 fully saturated rings. The van der Waals surface area contributed by atoms with Crippen molar-refractivity contribution >= 4 is 5.97 Å². The first-order valence-electron chi connectivity index (χ1n) is 5.57. The van der Waals surface area contributed by atoms with Crippen LogP contribution in [0.15, 0.2) is 36.5 Å². The van der Waals surface area contributed by atoms with Gasteiger partial charge in [0.05, 0.1) is 5.56 Å². The number of aromatic nitrogens is 2. The van der Waals surface area contributed by atoms with Crippen LogP contribution in [-0.4, -0.2) is 21.0 Å². The maximum absolute atomic E-state index is 12.6. The second kappa shape index (κ2) is 5.28. The summed E-state index contributed by atoms with van der Waals surface area (Å²) < 4.78 is 37.7. The average molecular weight is 282 g/mol. The molecule has 2 rings (SSSR count). The van der Waals surface area contributed by atoms with Crippen molar-refractivity contribution in [2.24, 2.45) is 0 Å². The van der Waals surface area contributed by atoms with Crippen molar-refractivity contribution in [1.29, 1.82) is 0 Å². The predicted octanol–water partition coefficient (Wildman–Crippen LogP) is 2.78. The van der Waals surface area contributed by atoms with Crippen LogP contribution in [0.3, 0.4) is 0 Å². The van der Waals surface area contributed by atoms with E-state index in [1.54, 1.807) is 0 Å². The van der Waals surface area contributed by atoms with Gasteiger partial charge in [-0.05, 0) is 17.7 Å². The zero-order valence-corrected chi connectivity index (χ0v) is 10.1. The first-order chi connectivity index (χ1) is 9.36. The number of carboxylic acid groups (broad SMARTS) is 1. The van der Waals surface area contributed by atoms with Crippen LogP contribution in [0.2, 0.25) is 0 Å². The fraction of sp³-hybridized carbons (Fsp3) is 0.154. The molecule has 1 aromatic carbocycles. The highest BCUT2D eigenvalue weighted by Gasteiger charge is 2.30. The molecule has 0 amide bonds. The molecule has 0 unspecified atom stereocenters. The zero-order valence-electron chi connectivity index (χ0n) is 10.1. The Kier molecular flexibility index (Phi) is 3.69. The van der Waals surface area contributed by atoms with Gasteiger partial charge in [0, 0.05) is 12.6 Å². The number of alkyl halides is 3. The monoisotopic (exact) mass is 282 g/mol. The summed E-state index contributed by atoms with van der Waals surface area (Å²) >= 11 is 0. The number of carboxylic acids is 1.